The number of rotatable bonds is 5. The molecule has 0 bridgehead atoms. The Balaban J connectivity index is 1.28. The molecule has 2 heterocycles. The number of carbonyl (C=O) groups is 1. The summed E-state index contributed by atoms with van der Waals surface area (Å²) < 4.78 is 18.9. The van der Waals surface area contributed by atoms with E-state index in [9.17, 15) is 19.3 Å². The van der Waals surface area contributed by atoms with Gasteiger partial charge in [-0.05, 0) is 79.7 Å². The molecule has 0 saturated carbocycles. The van der Waals surface area contributed by atoms with Crippen molar-refractivity contribution >= 4 is 51.4 Å². The number of nitrogens with zero attached hydrogens (tertiary/aromatic N) is 3. The molecule has 11 heteroatoms. The largest absolute Gasteiger partial charge is 0.436 e. The maximum Gasteiger partial charge on any atom is 0.293 e. The summed E-state index contributed by atoms with van der Waals surface area (Å²) in [7, 11) is 0. The Morgan fingerprint density at radius 3 is 2.56 bits per heavy atom. The van der Waals surface area contributed by atoms with E-state index in [4.69, 9.17) is 16.6 Å². The number of fused-ring (bicyclic) bond motifs is 1. The van der Waals surface area contributed by atoms with Crippen molar-refractivity contribution in [1.29, 1.82) is 0 Å². The van der Waals surface area contributed by atoms with Gasteiger partial charge in [-0.3, -0.25) is 20.2 Å². The van der Waals surface area contributed by atoms with Crippen LogP contribution in [0.3, 0.4) is 0 Å². The zero-order valence-corrected chi connectivity index (χ0v) is 19.7. The van der Waals surface area contributed by atoms with Gasteiger partial charge < -0.3 is 14.6 Å². The van der Waals surface area contributed by atoms with Gasteiger partial charge in [-0.25, -0.2) is 9.37 Å². The average Bonchev–Trinajstić information content (AvgIpc) is 3.54. The first-order valence-corrected chi connectivity index (χ1v) is 11.6. The van der Waals surface area contributed by atoms with Crippen LogP contribution >= 0.6 is 12.2 Å². The van der Waals surface area contributed by atoms with Gasteiger partial charge in [0.05, 0.1) is 4.92 Å². The molecule has 1 fully saturated rings. The minimum Gasteiger partial charge on any atom is -0.436 e. The Morgan fingerprint density at radius 1 is 1.08 bits per heavy atom. The van der Waals surface area contributed by atoms with E-state index < -0.39 is 10.8 Å². The van der Waals surface area contributed by atoms with Crippen molar-refractivity contribution < 1.29 is 18.5 Å². The Hall–Kier alpha value is -4.38. The first-order valence-electron chi connectivity index (χ1n) is 11.2. The van der Waals surface area contributed by atoms with Crippen LogP contribution in [0.4, 0.5) is 21.5 Å². The molecule has 1 aromatic heterocycles. The molecule has 1 aliphatic heterocycles. The van der Waals surface area contributed by atoms with Crippen LogP contribution in [0.25, 0.3) is 22.6 Å². The monoisotopic (exact) mass is 505 g/mol. The number of oxazole rings is 1. The fourth-order valence-electron chi connectivity index (χ4n) is 4.10. The number of halogens is 1. The number of nitro benzene ring substituents is 1. The molecule has 2 N–H and O–H groups in total. The highest BCUT2D eigenvalue weighted by Crippen LogP contribution is 2.32. The molecule has 182 valence electrons. The summed E-state index contributed by atoms with van der Waals surface area (Å²) in [5.74, 6) is -0.573. The molecule has 5 rings (SSSR count). The van der Waals surface area contributed by atoms with E-state index in [2.05, 4.69) is 15.6 Å². The van der Waals surface area contributed by atoms with Crippen LogP contribution < -0.4 is 15.5 Å². The van der Waals surface area contributed by atoms with Crippen LogP contribution in [0.2, 0.25) is 0 Å². The zero-order chi connectivity index (χ0) is 25.2. The van der Waals surface area contributed by atoms with Gasteiger partial charge in [-0.1, -0.05) is 0 Å². The summed E-state index contributed by atoms with van der Waals surface area (Å²) in [6.45, 7) is 1.50. The molecular weight excluding hydrogens is 485 g/mol. The van der Waals surface area contributed by atoms with Crippen LogP contribution in [-0.2, 0) is 0 Å². The lowest BCUT2D eigenvalue weighted by atomic mass is 10.1. The molecule has 1 amide bonds. The first kappa shape index (κ1) is 23.4. The summed E-state index contributed by atoms with van der Waals surface area (Å²) in [6, 6.07) is 15.3. The molecule has 0 radical (unpaired) electrons. The maximum atomic E-state index is 13.2. The fraction of sp³-hybridized carbons (Fsp3) is 0.160. The lowest BCUT2D eigenvalue weighted by molar-refractivity contribution is -0.384. The molecule has 0 atom stereocenters. The van der Waals surface area contributed by atoms with Crippen molar-refractivity contribution in [1.82, 2.24) is 10.3 Å². The first-order chi connectivity index (χ1) is 17.4. The van der Waals surface area contributed by atoms with Gasteiger partial charge in [0.1, 0.15) is 17.0 Å². The van der Waals surface area contributed by atoms with Gasteiger partial charge >= 0.3 is 0 Å². The molecule has 0 spiro atoms. The van der Waals surface area contributed by atoms with Crippen molar-refractivity contribution in [2.24, 2.45) is 0 Å². The third kappa shape index (κ3) is 4.86. The van der Waals surface area contributed by atoms with Crippen molar-refractivity contribution in [2.45, 2.75) is 12.8 Å². The molecule has 4 aromatic rings. The van der Waals surface area contributed by atoms with Crippen molar-refractivity contribution in [3.8, 4) is 11.5 Å². The Bertz CT molecular complexity index is 1480. The fourth-order valence-corrected chi connectivity index (χ4v) is 4.31. The van der Waals surface area contributed by atoms with E-state index >= 15 is 0 Å². The van der Waals surface area contributed by atoms with Gasteiger partial charge in [0.2, 0.25) is 5.89 Å². The molecule has 36 heavy (non-hydrogen) atoms. The molecule has 0 unspecified atom stereocenters. The molecule has 1 aliphatic rings. The van der Waals surface area contributed by atoms with Crippen LogP contribution in [-0.4, -0.2) is 34.0 Å². The number of carbonyl (C=O) groups excluding carboxylic acids is 1. The van der Waals surface area contributed by atoms with Gasteiger partial charge in [0, 0.05) is 36.0 Å². The summed E-state index contributed by atoms with van der Waals surface area (Å²) in [5, 5.41) is 17.1. The highest BCUT2D eigenvalue weighted by atomic mass is 32.1. The van der Waals surface area contributed by atoms with E-state index in [0.717, 1.165) is 25.9 Å². The number of nitrogens with one attached hydrogen (secondary N) is 2. The summed E-state index contributed by atoms with van der Waals surface area (Å²) in [4.78, 5) is 30.2. The maximum absolute atomic E-state index is 13.2. The highest BCUT2D eigenvalue weighted by Gasteiger charge is 2.24. The van der Waals surface area contributed by atoms with E-state index in [-0.39, 0.29) is 22.2 Å². The van der Waals surface area contributed by atoms with E-state index in [1.54, 1.807) is 42.5 Å². The van der Waals surface area contributed by atoms with Crippen LogP contribution in [0.5, 0.6) is 0 Å². The quantitative estimate of drug-likeness (QED) is 0.214. The second-order valence-corrected chi connectivity index (χ2v) is 8.68. The van der Waals surface area contributed by atoms with Gasteiger partial charge in [-0.15, -0.1) is 0 Å². The number of nitro groups is 1. The number of aromatic nitrogens is 1. The van der Waals surface area contributed by atoms with E-state index in [0.29, 0.717) is 33.9 Å². The third-order valence-corrected chi connectivity index (χ3v) is 6.05. The zero-order valence-electron chi connectivity index (χ0n) is 18.9. The Morgan fingerprint density at radius 2 is 1.83 bits per heavy atom. The molecule has 0 aliphatic carbocycles. The lowest BCUT2D eigenvalue weighted by Crippen LogP contribution is -2.34. The summed E-state index contributed by atoms with van der Waals surface area (Å²) in [5.41, 5.74) is 2.79. The SMILES string of the molecule is O=C(NC(=S)Nc1ccc2oc(-c3ccc(F)cc3)nc2c1)c1ccc(N2CCCC2)c([N+](=O)[O-])c1. The van der Waals surface area contributed by atoms with Crippen molar-refractivity contribution in [3.63, 3.8) is 0 Å². The summed E-state index contributed by atoms with van der Waals surface area (Å²) in [6.07, 6.45) is 1.96. The highest BCUT2D eigenvalue weighted by molar-refractivity contribution is 7.80. The van der Waals surface area contributed by atoms with Crippen LogP contribution in [0, 0.1) is 15.9 Å². The number of hydrogen-bond donors (Lipinski definition) is 2. The number of benzene rings is 3. The van der Waals surface area contributed by atoms with E-state index in [1.165, 1.54) is 18.2 Å². The van der Waals surface area contributed by atoms with Crippen molar-refractivity contribution in [2.75, 3.05) is 23.3 Å². The molecule has 9 nitrogen and oxygen atoms in total. The minimum atomic E-state index is -0.565. The average molecular weight is 506 g/mol. The number of amides is 1. The van der Waals surface area contributed by atoms with Gasteiger partial charge in [0.25, 0.3) is 11.6 Å². The van der Waals surface area contributed by atoms with Crippen LogP contribution in [0.1, 0.15) is 23.2 Å². The molecule has 1 saturated heterocycles. The standard InChI is InChI=1S/C25H20FN5O4S/c26-17-6-3-15(4-7-17)24-28-19-14-18(8-10-22(19)35-24)27-25(36)29-23(32)16-5-9-20(21(13-16)31(33)34)30-11-1-2-12-30/h3-10,13-14H,1-2,11-12H2,(H2,27,29,32,36). The predicted octanol–water partition coefficient (Wildman–Crippen LogP) is 5.27. The summed E-state index contributed by atoms with van der Waals surface area (Å²) >= 11 is 5.26. The lowest BCUT2D eigenvalue weighted by Gasteiger charge is -2.18. The smallest absolute Gasteiger partial charge is 0.293 e. The second-order valence-electron chi connectivity index (χ2n) is 8.27. The Labute approximate surface area is 210 Å². The second kappa shape index (κ2) is 9.70. The van der Waals surface area contributed by atoms with Crippen LogP contribution in [0.15, 0.2) is 65.1 Å². The van der Waals surface area contributed by atoms with Gasteiger partial charge in [0.15, 0.2) is 10.7 Å². The molecule has 3 aromatic carbocycles. The number of anilines is 2. The van der Waals surface area contributed by atoms with Gasteiger partial charge in [-0.2, -0.15) is 0 Å². The minimum absolute atomic E-state index is 0.0212. The number of hydrogen-bond acceptors (Lipinski definition) is 7. The molecular formula is C25H20FN5O4S. The topological polar surface area (TPSA) is 114 Å². The Kier molecular flexibility index (Phi) is 6.30. The number of thiocarbonyl (C=S) groups is 1. The normalized spacial score (nSPS) is 13.1. The van der Waals surface area contributed by atoms with E-state index in [1.807, 2.05) is 4.90 Å². The predicted molar refractivity (Wildman–Crippen MR) is 138 cm³/mol. The third-order valence-electron chi connectivity index (χ3n) is 5.84. The van der Waals surface area contributed by atoms with Crippen molar-refractivity contribution in [3.05, 3.63) is 82.2 Å².